The van der Waals surface area contributed by atoms with E-state index in [1.807, 2.05) is 0 Å². The van der Waals surface area contributed by atoms with E-state index in [4.69, 9.17) is 25.0 Å². The van der Waals surface area contributed by atoms with Crippen LogP contribution in [0, 0.1) is 0 Å². The van der Waals surface area contributed by atoms with Crippen molar-refractivity contribution in [2.75, 3.05) is 0 Å². The molecule has 0 saturated heterocycles. The van der Waals surface area contributed by atoms with Gasteiger partial charge in [-0.3, -0.25) is 0 Å². The van der Waals surface area contributed by atoms with Crippen LogP contribution < -0.4 is 0 Å². The van der Waals surface area contributed by atoms with Gasteiger partial charge in [0.15, 0.2) is 7.98 Å². The summed E-state index contributed by atoms with van der Waals surface area (Å²) in [5, 5.41) is 5.57. The molecule has 6 rings (SSSR count). The summed E-state index contributed by atoms with van der Waals surface area (Å²) in [4.78, 5) is 0. The van der Waals surface area contributed by atoms with Crippen LogP contribution in [-0.2, 0) is 46.5 Å². The van der Waals surface area contributed by atoms with Gasteiger partial charge in [-0.2, -0.15) is 12.1 Å². The van der Waals surface area contributed by atoms with Crippen molar-refractivity contribution in [3.8, 4) is 22.3 Å². The summed E-state index contributed by atoms with van der Waals surface area (Å²) in [6.45, 7) is 22.7. The fraction of sp³-hybridized carbons (Fsp3) is 0.375. The Morgan fingerprint density at radius 1 is 0.545 bits per heavy atom. The summed E-state index contributed by atoms with van der Waals surface area (Å²) in [6.07, 6.45) is 9.61. The van der Waals surface area contributed by atoms with Gasteiger partial charge in [0.05, 0.1) is 0 Å². The molecular formula is C48H64BCl2NSi2Zr. The van der Waals surface area contributed by atoms with Crippen LogP contribution in [0.2, 0.25) is 39.3 Å². The molecule has 6 aromatic rings. The Bertz CT molecular complexity index is 1880. The molecule has 0 aliphatic carbocycles. The van der Waals surface area contributed by atoms with E-state index in [0.717, 1.165) is 12.8 Å². The normalized spacial score (nSPS) is 11.3. The van der Waals surface area contributed by atoms with E-state index in [1.54, 1.807) is 0 Å². The maximum atomic E-state index is 5.98. The Morgan fingerprint density at radius 2 is 0.891 bits per heavy atom. The van der Waals surface area contributed by atoms with Gasteiger partial charge in [-0.05, 0) is 47.9 Å². The van der Waals surface area contributed by atoms with E-state index in [2.05, 4.69) is 180 Å². The number of hydrogen-bond donors (Lipinski definition) is 0. The Kier molecular flexibility index (Phi) is 20.2. The Morgan fingerprint density at radius 3 is 1.20 bits per heavy atom. The molecule has 0 N–H and O–H groups in total. The molecule has 0 spiro atoms. The van der Waals surface area contributed by atoms with Gasteiger partial charge in [0.1, 0.15) is 16.5 Å². The number of nitrogens with zero attached hydrogens (tertiary/aromatic N) is 1. The first-order chi connectivity index (χ1) is 26.2. The molecule has 0 aliphatic rings. The quantitative estimate of drug-likeness (QED) is 0.0874. The van der Waals surface area contributed by atoms with E-state index in [1.165, 1.54) is 105 Å². The molecule has 0 bridgehead atoms. The third-order valence-corrected chi connectivity index (χ3v) is 17.0. The fourth-order valence-corrected chi connectivity index (χ4v) is 15.4. The van der Waals surface area contributed by atoms with Gasteiger partial charge >= 0.3 is 37.9 Å². The molecule has 0 fully saturated rings. The number of fused-ring (bicyclic) bond motifs is 2. The van der Waals surface area contributed by atoms with E-state index in [9.17, 15) is 0 Å². The average molecular weight is 884 g/mol. The standard InChI is InChI=1S/2C21H23.C6H18BNSi2.2ClH.Zr/c2*1-3-5-9-16-14-18-11-8-13-20(21(18)15-16)19-12-7-6-10-17(19)4-2;1-9(2,3)8(7)10(4,5)6;;;/h2*6-8,10-15H,3-5,9H2,1-2H3;1-6H3;2*1H;/q2*-1;;;;+4/p-2. The van der Waals surface area contributed by atoms with Crippen LogP contribution in [0.1, 0.15) is 75.6 Å². The van der Waals surface area contributed by atoms with E-state index in [-0.39, 0.29) is 0 Å². The summed E-state index contributed by atoms with van der Waals surface area (Å²) in [6, 6.07) is 40.5. The topological polar surface area (TPSA) is 3.24 Å². The molecule has 1 nitrogen and oxygen atoms in total. The molecule has 0 aliphatic heterocycles. The number of halogens is 2. The molecule has 0 atom stereocenters. The van der Waals surface area contributed by atoms with Gasteiger partial charge in [0, 0.05) is 0 Å². The zero-order chi connectivity index (χ0) is 40.6. The molecule has 0 unspecified atom stereocenters. The number of hydrogen-bond acceptors (Lipinski definition) is 1. The zero-order valence-electron chi connectivity index (χ0n) is 35.3. The molecule has 6 aromatic carbocycles. The van der Waals surface area contributed by atoms with Crippen LogP contribution in [0.15, 0.2) is 109 Å². The van der Waals surface area contributed by atoms with Gasteiger partial charge in [0.2, 0.25) is 0 Å². The van der Waals surface area contributed by atoms with Crippen LogP contribution in [0.25, 0.3) is 43.8 Å². The predicted octanol–water partition coefficient (Wildman–Crippen LogP) is 15.7. The molecule has 0 amide bonds. The zero-order valence-corrected chi connectivity index (χ0v) is 41.3. The van der Waals surface area contributed by atoms with E-state index >= 15 is 0 Å². The Hall–Kier alpha value is -1.98. The Balaban J connectivity index is 0.000000227. The molecule has 0 heterocycles. The van der Waals surface area contributed by atoms with Crippen LogP contribution in [0.4, 0.5) is 0 Å². The monoisotopic (exact) mass is 881 g/mol. The van der Waals surface area contributed by atoms with E-state index < -0.39 is 37.3 Å². The van der Waals surface area contributed by atoms with Crippen molar-refractivity contribution in [1.29, 1.82) is 0 Å². The van der Waals surface area contributed by atoms with Crippen molar-refractivity contribution in [1.82, 2.24) is 4.14 Å². The van der Waals surface area contributed by atoms with Crippen LogP contribution in [0.5, 0.6) is 0 Å². The van der Waals surface area contributed by atoms with E-state index in [0.29, 0.717) is 0 Å². The fourth-order valence-electron chi connectivity index (χ4n) is 7.30. The van der Waals surface area contributed by atoms with Crippen LogP contribution >= 0.6 is 17.0 Å². The molecule has 7 heteroatoms. The van der Waals surface area contributed by atoms with Crippen molar-refractivity contribution >= 4 is 63.0 Å². The molecule has 0 saturated carbocycles. The van der Waals surface area contributed by atoms with Crippen molar-refractivity contribution in [3.63, 3.8) is 0 Å². The maximum absolute atomic E-state index is 5.98. The summed E-state index contributed by atoms with van der Waals surface area (Å²) < 4.78 is 2.15. The Labute approximate surface area is 357 Å². The molecular weight excluding hydrogens is 820 g/mol. The van der Waals surface area contributed by atoms with Crippen LogP contribution in [-0.4, -0.2) is 28.6 Å². The summed E-state index contributed by atoms with van der Waals surface area (Å²) in [7, 11) is 13.4. The second-order valence-electron chi connectivity index (χ2n) is 16.4. The molecule has 2 radical (unpaired) electrons. The first kappa shape index (κ1) is 47.4. The number of unbranched alkanes of at least 4 members (excludes halogenated alkanes) is 2. The van der Waals surface area contributed by atoms with Crippen LogP contribution in [0.3, 0.4) is 0 Å². The second-order valence-corrected chi connectivity index (χ2v) is 30.2. The molecule has 290 valence electrons. The second kappa shape index (κ2) is 23.4. The van der Waals surface area contributed by atoms with Crippen molar-refractivity contribution in [2.45, 2.75) is 118 Å². The molecule has 0 aromatic heterocycles. The minimum atomic E-state index is -1.22. The number of benzene rings is 4. The van der Waals surface area contributed by atoms with Crippen molar-refractivity contribution in [2.24, 2.45) is 0 Å². The average Bonchev–Trinajstić information content (AvgIpc) is 3.80. The van der Waals surface area contributed by atoms with Crippen molar-refractivity contribution in [3.05, 3.63) is 131 Å². The third-order valence-electron chi connectivity index (χ3n) is 10.1. The van der Waals surface area contributed by atoms with Crippen molar-refractivity contribution < 1.29 is 20.8 Å². The van der Waals surface area contributed by atoms with Gasteiger partial charge in [-0.1, -0.05) is 164 Å². The summed E-state index contributed by atoms with van der Waals surface area (Å²) in [5.74, 6) is 0. The number of rotatable bonds is 12. The first-order valence-electron chi connectivity index (χ1n) is 20.3. The SMILES string of the molecule is CCCCc1cc2c(-c3ccccc3CC)cccc2[cH-]1.CCCCc1cc2c(-c3ccccc3CC)cccc2[cH-]1.[B]N([Si](C)(C)C)[Si](C)(C)C.[Cl][Zr+2][Cl]. The minimum absolute atomic E-state index is 0.826. The van der Waals surface area contributed by atoms with Gasteiger partial charge in [-0.25, -0.2) is 0 Å². The molecule has 55 heavy (non-hydrogen) atoms. The predicted molar refractivity (Wildman–Crippen MR) is 252 cm³/mol. The van der Waals surface area contributed by atoms with Gasteiger partial charge in [0.25, 0.3) is 0 Å². The first-order valence-corrected chi connectivity index (χ1v) is 33.5. The number of aryl methyl sites for hydroxylation is 4. The summed E-state index contributed by atoms with van der Waals surface area (Å²) >= 11 is -0.826. The summed E-state index contributed by atoms with van der Waals surface area (Å²) in [5.41, 5.74) is 11.4. The third kappa shape index (κ3) is 14.1. The van der Waals surface area contributed by atoms with Gasteiger partial charge < -0.3 is 4.14 Å². The van der Waals surface area contributed by atoms with Gasteiger partial charge in [-0.15, -0.1) is 69.1 Å².